The summed E-state index contributed by atoms with van der Waals surface area (Å²) in [5.74, 6) is 1.01. The van der Waals surface area contributed by atoms with Crippen LogP contribution in [0.4, 0.5) is 0 Å². The number of nitrogens with zero attached hydrogens (tertiary/aromatic N) is 4. The number of aryl methyl sites for hydroxylation is 1. The van der Waals surface area contributed by atoms with Crippen LogP contribution in [0.1, 0.15) is 57.9 Å². The summed E-state index contributed by atoms with van der Waals surface area (Å²) < 4.78 is 5.82. The molecule has 1 heterocycles. The van der Waals surface area contributed by atoms with E-state index in [0.29, 0.717) is 16.6 Å². The van der Waals surface area contributed by atoms with E-state index < -0.39 is 6.10 Å². The molecule has 32 heavy (non-hydrogen) atoms. The maximum absolute atomic E-state index is 12.6. The Morgan fingerprint density at radius 3 is 2.41 bits per heavy atom. The number of rotatable bonds is 13. The Kier molecular flexibility index (Phi) is 9.23. The van der Waals surface area contributed by atoms with Crippen molar-refractivity contribution in [3.63, 3.8) is 0 Å². The highest BCUT2D eigenvalue weighted by atomic mass is 35.5. The molecule has 3 rings (SSSR count). The SMILES string of the molecule is CCCCCCCCc1ccc(OC(C)C(=O)Cn2nnc(-c3ccc(Cl)cc3)n2)cc1. The molecule has 170 valence electrons. The van der Waals surface area contributed by atoms with Gasteiger partial charge >= 0.3 is 0 Å². The predicted molar refractivity (Wildman–Crippen MR) is 127 cm³/mol. The number of Topliss-reactive ketones (excluding diaryl/α,β-unsaturated/α-hetero) is 1. The molecular weight excluding hydrogens is 424 g/mol. The van der Waals surface area contributed by atoms with Crippen molar-refractivity contribution in [1.29, 1.82) is 0 Å². The second-order valence-corrected chi connectivity index (χ2v) is 8.47. The van der Waals surface area contributed by atoms with Crippen LogP contribution in [0.25, 0.3) is 11.4 Å². The molecule has 6 nitrogen and oxygen atoms in total. The predicted octanol–water partition coefficient (Wildman–Crippen LogP) is 5.93. The molecule has 0 N–H and O–H groups in total. The average molecular weight is 455 g/mol. The molecule has 0 saturated heterocycles. The number of ketones is 1. The van der Waals surface area contributed by atoms with E-state index in [1.807, 2.05) is 24.3 Å². The Hall–Kier alpha value is -2.73. The Labute approximate surface area is 194 Å². The van der Waals surface area contributed by atoms with Crippen LogP contribution in [0, 0.1) is 0 Å². The van der Waals surface area contributed by atoms with E-state index in [0.717, 1.165) is 12.0 Å². The quantitative estimate of drug-likeness (QED) is 0.299. The first-order valence-electron chi connectivity index (χ1n) is 11.4. The molecule has 1 aromatic heterocycles. The van der Waals surface area contributed by atoms with Gasteiger partial charge in [-0.25, -0.2) is 0 Å². The zero-order valence-electron chi connectivity index (χ0n) is 18.8. The number of tetrazole rings is 1. The average Bonchev–Trinajstić information content (AvgIpc) is 3.26. The molecule has 0 amide bonds. The summed E-state index contributed by atoms with van der Waals surface area (Å²) in [7, 11) is 0. The van der Waals surface area contributed by atoms with Crippen molar-refractivity contribution in [3.05, 3.63) is 59.1 Å². The summed E-state index contributed by atoms with van der Waals surface area (Å²) in [6.07, 6.45) is 8.22. The Morgan fingerprint density at radius 1 is 1.00 bits per heavy atom. The van der Waals surface area contributed by atoms with Crippen LogP contribution in [0.2, 0.25) is 5.02 Å². The summed E-state index contributed by atoms with van der Waals surface area (Å²) >= 11 is 5.91. The van der Waals surface area contributed by atoms with Gasteiger partial charge in [-0.1, -0.05) is 62.8 Å². The third kappa shape index (κ3) is 7.45. The van der Waals surface area contributed by atoms with Gasteiger partial charge in [0.25, 0.3) is 0 Å². The molecule has 0 bridgehead atoms. The number of carbonyl (C=O) groups excluding carboxylic acids is 1. The lowest BCUT2D eigenvalue weighted by atomic mass is 10.0. The first-order chi connectivity index (χ1) is 15.5. The summed E-state index contributed by atoms with van der Waals surface area (Å²) in [5, 5.41) is 12.9. The van der Waals surface area contributed by atoms with Crippen molar-refractivity contribution in [1.82, 2.24) is 20.2 Å². The fourth-order valence-corrected chi connectivity index (χ4v) is 3.53. The molecule has 1 unspecified atom stereocenters. The fraction of sp³-hybridized carbons (Fsp3) is 0.440. The third-order valence-electron chi connectivity index (χ3n) is 5.36. The first-order valence-corrected chi connectivity index (χ1v) is 11.7. The van der Waals surface area contributed by atoms with E-state index >= 15 is 0 Å². The molecule has 0 fully saturated rings. The fourth-order valence-electron chi connectivity index (χ4n) is 3.41. The van der Waals surface area contributed by atoms with Crippen molar-refractivity contribution in [2.24, 2.45) is 0 Å². The lowest BCUT2D eigenvalue weighted by Gasteiger charge is -2.13. The first kappa shape index (κ1) is 23.9. The number of hydrogen-bond acceptors (Lipinski definition) is 5. The highest BCUT2D eigenvalue weighted by Gasteiger charge is 2.17. The number of benzene rings is 2. The maximum Gasteiger partial charge on any atom is 0.204 e. The topological polar surface area (TPSA) is 69.9 Å². The van der Waals surface area contributed by atoms with Crippen LogP contribution >= 0.6 is 11.6 Å². The molecular formula is C25H31ClN4O2. The van der Waals surface area contributed by atoms with Gasteiger partial charge in [0.2, 0.25) is 5.82 Å². The lowest BCUT2D eigenvalue weighted by molar-refractivity contribution is -0.126. The van der Waals surface area contributed by atoms with E-state index in [1.54, 1.807) is 19.1 Å². The zero-order valence-corrected chi connectivity index (χ0v) is 19.6. The molecule has 0 aliphatic heterocycles. The lowest BCUT2D eigenvalue weighted by Crippen LogP contribution is -2.28. The third-order valence-corrected chi connectivity index (χ3v) is 5.61. The van der Waals surface area contributed by atoms with Crippen LogP contribution < -0.4 is 4.74 Å². The molecule has 3 aromatic rings. The van der Waals surface area contributed by atoms with Crippen LogP contribution in [0.15, 0.2) is 48.5 Å². The van der Waals surface area contributed by atoms with E-state index in [1.165, 1.54) is 48.9 Å². The Morgan fingerprint density at radius 2 is 1.69 bits per heavy atom. The summed E-state index contributed by atoms with van der Waals surface area (Å²) in [5.41, 5.74) is 2.09. The highest BCUT2D eigenvalue weighted by molar-refractivity contribution is 6.30. The second kappa shape index (κ2) is 12.3. The number of carbonyl (C=O) groups is 1. The number of aromatic nitrogens is 4. The van der Waals surface area contributed by atoms with Crippen molar-refractivity contribution < 1.29 is 9.53 Å². The minimum atomic E-state index is -0.607. The van der Waals surface area contributed by atoms with Crippen molar-refractivity contribution in [2.75, 3.05) is 0 Å². The summed E-state index contributed by atoms with van der Waals surface area (Å²) in [6, 6.07) is 15.2. The van der Waals surface area contributed by atoms with Gasteiger partial charge in [-0.05, 0) is 66.9 Å². The van der Waals surface area contributed by atoms with E-state index in [-0.39, 0.29) is 12.3 Å². The molecule has 1 atom stereocenters. The number of unbranched alkanes of at least 4 members (excludes halogenated alkanes) is 5. The highest BCUT2D eigenvalue weighted by Crippen LogP contribution is 2.18. The van der Waals surface area contributed by atoms with Gasteiger partial charge in [-0.15, -0.1) is 10.2 Å². The van der Waals surface area contributed by atoms with Gasteiger partial charge in [0.05, 0.1) is 0 Å². The van der Waals surface area contributed by atoms with Gasteiger partial charge in [0, 0.05) is 10.6 Å². The van der Waals surface area contributed by atoms with Crippen LogP contribution in [-0.4, -0.2) is 32.1 Å². The molecule has 7 heteroatoms. The molecule has 0 saturated carbocycles. The number of halogens is 1. The van der Waals surface area contributed by atoms with E-state index in [2.05, 4.69) is 34.5 Å². The smallest absolute Gasteiger partial charge is 0.204 e. The van der Waals surface area contributed by atoms with Gasteiger partial charge in [0.15, 0.2) is 11.9 Å². The minimum absolute atomic E-state index is 0.00211. The van der Waals surface area contributed by atoms with Gasteiger partial charge in [0.1, 0.15) is 12.3 Å². The Balaban J connectivity index is 1.44. The molecule has 0 spiro atoms. The molecule has 0 radical (unpaired) electrons. The second-order valence-electron chi connectivity index (χ2n) is 8.04. The van der Waals surface area contributed by atoms with Crippen molar-refractivity contribution >= 4 is 17.4 Å². The van der Waals surface area contributed by atoms with Gasteiger partial charge < -0.3 is 4.74 Å². The van der Waals surface area contributed by atoms with Crippen LogP contribution in [-0.2, 0) is 17.8 Å². The molecule has 0 aliphatic rings. The monoisotopic (exact) mass is 454 g/mol. The molecule has 0 aliphatic carbocycles. The number of hydrogen-bond donors (Lipinski definition) is 0. The van der Waals surface area contributed by atoms with Crippen molar-refractivity contribution in [3.8, 4) is 17.1 Å². The van der Waals surface area contributed by atoms with Crippen molar-refractivity contribution in [2.45, 2.75) is 71.4 Å². The van der Waals surface area contributed by atoms with Gasteiger partial charge in [-0.3, -0.25) is 4.79 Å². The maximum atomic E-state index is 12.6. The zero-order chi connectivity index (χ0) is 22.8. The van der Waals surface area contributed by atoms with Gasteiger partial charge in [-0.2, -0.15) is 4.80 Å². The summed E-state index contributed by atoms with van der Waals surface area (Å²) in [6.45, 7) is 3.98. The molecule has 2 aromatic carbocycles. The van der Waals surface area contributed by atoms with E-state index in [4.69, 9.17) is 16.3 Å². The Bertz CT molecular complexity index is 970. The largest absolute Gasteiger partial charge is 0.483 e. The summed E-state index contributed by atoms with van der Waals surface area (Å²) in [4.78, 5) is 13.8. The van der Waals surface area contributed by atoms with Crippen LogP contribution in [0.3, 0.4) is 0 Å². The minimum Gasteiger partial charge on any atom is -0.483 e. The number of ether oxygens (including phenoxy) is 1. The standard InChI is InChI=1S/C25H31ClN4O2/c1-3-4-5-6-7-8-9-20-10-16-23(17-11-20)32-19(2)24(31)18-30-28-25(27-29-30)21-12-14-22(26)15-13-21/h10-17,19H,3-9,18H2,1-2H3. The van der Waals surface area contributed by atoms with Crippen LogP contribution in [0.5, 0.6) is 5.75 Å². The normalized spacial score (nSPS) is 12.0. The van der Waals surface area contributed by atoms with E-state index in [9.17, 15) is 4.79 Å².